The molecule has 0 atom stereocenters. The van der Waals surface area contributed by atoms with Gasteiger partial charge in [0.15, 0.2) is 0 Å². The Morgan fingerprint density at radius 3 is 2.68 bits per heavy atom. The zero-order valence-electron chi connectivity index (χ0n) is 14.8. The van der Waals surface area contributed by atoms with Crippen molar-refractivity contribution in [2.45, 2.75) is 13.3 Å². The molecule has 3 heteroatoms. The standard InChI is InChI=1S/C22H23N3/c1-17-5-7-18(8-6-17)9-10-19-11-14-25(15-12-19)21-16-24(2)22-20(21)4-3-13-23-22/h3-11,13,16H,12,14-15H2,1-2H3/b10-9+. The summed E-state index contributed by atoms with van der Waals surface area (Å²) in [6.45, 7) is 4.11. The molecule has 1 aliphatic rings. The van der Waals surface area contributed by atoms with E-state index in [2.05, 4.69) is 83.2 Å². The molecular formula is C22H23N3. The molecule has 4 rings (SSSR count). The van der Waals surface area contributed by atoms with E-state index in [0.717, 1.165) is 25.2 Å². The molecule has 0 saturated heterocycles. The van der Waals surface area contributed by atoms with Gasteiger partial charge in [0.2, 0.25) is 0 Å². The van der Waals surface area contributed by atoms with Gasteiger partial charge in [-0.15, -0.1) is 0 Å². The molecule has 0 spiro atoms. The molecule has 0 amide bonds. The predicted octanol–water partition coefficient (Wildman–Crippen LogP) is 4.73. The number of aryl methyl sites for hydroxylation is 2. The molecule has 0 N–H and O–H groups in total. The van der Waals surface area contributed by atoms with E-state index in [1.165, 1.54) is 27.8 Å². The van der Waals surface area contributed by atoms with Crippen LogP contribution in [0.25, 0.3) is 17.1 Å². The highest BCUT2D eigenvalue weighted by molar-refractivity contribution is 5.91. The van der Waals surface area contributed by atoms with E-state index in [-0.39, 0.29) is 0 Å². The maximum atomic E-state index is 4.49. The van der Waals surface area contributed by atoms with Crippen molar-refractivity contribution in [2.24, 2.45) is 7.05 Å². The highest BCUT2D eigenvalue weighted by Gasteiger charge is 2.16. The molecule has 0 radical (unpaired) electrons. The summed E-state index contributed by atoms with van der Waals surface area (Å²) in [6, 6.07) is 12.8. The van der Waals surface area contributed by atoms with Gasteiger partial charge in [-0.1, -0.05) is 48.1 Å². The Morgan fingerprint density at radius 2 is 1.92 bits per heavy atom. The fraction of sp³-hybridized carbons (Fsp3) is 0.227. The van der Waals surface area contributed by atoms with Crippen LogP contribution in [0.5, 0.6) is 0 Å². The average molecular weight is 329 g/mol. The molecule has 0 bridgehead atoms. The zero-order chi connectivity index (χ0) is 17.2. The Balaban J connectivity index is 1.50. The summed E-state index contributed by atoms with van der Waals surface area (Å²) >= 11 is 0. The van der Waals surface area contributed by atoms with Crippen molar-refractivity contribution in [3.63, 3.8) is 0 Å². The van der Waals surface area contributed by atoms with Gasteiger partial charge in [0.25, 0.3) is 0 Å². The Hall–Kier alpha value is -2.81. The Labute approximate surface area is 148 Å². The second kappa shape index (κ2) is 6.60. The summed E-state index contributed by atoms with van der Waals surface area (Å²) in [7, 11) is 2.06. The molecule has 0 fully saturated rings. The number of allylic oxidation sites excluding steroid dienone is 1. The smallest absolute Gasteiger partial charge is 0.141 e. The van der Waals surface area contributed by atoms with Gasteiger partial charge < -0.3 is 9.47 Å². The molecular weight excluding hydrogens is 306 g/mol. The van der Waals surface area contributed by atoms with Crippen molar-refractivity contribution >= 4 is 22.8 Å². The van der Waals surface area contributed by atoms with Crippen molar-refractivity contribution in [3.8, 4) is 0 Å². The Kier molecular flexibility index (Phi) is 4.14. The van der Waals surface area contributed by atoms with Crippen molar-refractivity contribution in [2.75, 3.05) is 18.0 Å². The Bertz CT molecular complexity index is 945. The van der Waals surface area contributed by atoms with E-state index in [4.69, 9.17) is 0 Å². The van der Waals surface area contributed by atoms with Crippen LogP contribution in [0.2, 0.25) is 0 Å². The van der Waals surface area contributed by atoms with Crippen LogP contribution in [0.15, 0.2) is 66.5 Å². The first-order chi connectivity index (χ1) is 12.2. The van der Waals surface area contributed by atoms with Crippen LogP contribution in [0.4, 0.5) is 5.69 Å². The number of aromatic nitrogens is 2. The van der Waals surface area contributed by atoms with E-state index in [0.29, 0.717) is 0 Å². The van der Waals surface area contributed by atoms with Gasteiger partial charge in [-0.3, -0.25) is 0 Å². The highest BCUT2D eigenvalue weighted by Crippen LogP contribution is 2.29. The van der Waals surface area contributed by atoms with E-state index < -0.39 is 0 Å². The molecule has 126 valence electrons. The van der Waals surface area contributed by atoms with E-state index in [1.807, 2.05) is 12.3 Å². The molecule has 3 nitrogen and oxygen atoms in total. The normalized spacial score (nSPS) is 15.1. The number of nitrogens with zero attached hydrogens (tertiary/aromatic N) is 3. The van der Waals surface area contributed by atoms with Crippen LogP contribution in [0.1, 0.15) is 17.5 Å². The zero-order valence-corrected chi connectivity index (χ0v) is 14.8. The number of fused-ring (bicyclic) bond motifs is 1. The van der Waals surface area contributed by atoms with Gasteiger partial charge in [0.05, 0.1) is 5.69 Å². The van der Waals surface area contributed by atoms with Gasteiger partial charge in [-0.2, -0.15) is 0 Å². The summed E-state index contributed by atoms with van der Waals surface area (Å²) in [4.78, 5) is 6.93. The van der Waals surface area contributed by atoms with Crippen LogP contribution in [-0.2, 0) is 7.05 Å². The molecule has 2 aromatic heterocycles. The predicted molar refractivity (Wildman–Crippen MR) is 106 cm³/mol. The van der Waals surface area contributed by atoms with Gasteiger partial charge in [0.1, 0.15) is 5.65 Å². The lowest BCUT2D eigenvalue weighted by Crippen LogP contribution is -2.28. The molecule has 3 aromatic rings. The maximum absolute atomic E-state index is 4.49. The lowest BCUT2D eigenvalue weighted by Gasteiger charge is -2.27. The second-order valence-corrected chi connectivity index (χ2v) is 6.72. The van der Waals surface area contributed by atoms with Crippen molar-refractivity contribution in [1.82, 2.24) is 9.55 Å². The van der Waals surface area contributed by atoms with Crippen LogP contribution in [-0.4, -0.2) is 22.6 Å². The molecule has 1 aliphatic heterocycles. The van der Waals surface area contributed by atoms with Crippen LogP contribution < -0.4 is 4.90 Å². The fourth-order valence-corrected chi connectivity index (χ4v) is 3.38. The quantitative estimate of drug-likeness (QED) is 0.692. The lowest BCUT2D eigenvalue weighted by atomic mass is 10.1. The first kappa shape index (κ1) is 15.7. The summed E-state index contributed by atoms with van der Waals surface area (Å²) in [5.41, 5.74) is 6.30. The third-order valence-corrected chi connectivity index (χ3v) is 4.86. The Morgan fingerprint density at radius 1 is 1.08 bits per heavy atom. The molecule has 1 aromatic carbocycles. The van der Waals surface area contributed by atoms with E-state index in [1.54, 1.807) is 0 Å². The van der Waals surface area contributed by atoms with Gasteiger partial charge in [-0.05, 0) is 36.6 Å². The number of anilines is 1. The number of rotatable bonds is 3. The van der Waals surface area contributed by atoms with Crippen molar-refractivity contribution in [1.29, 1.82) is 0 Å². The summed E-state index contributed by atoms with van der Waals surface area (Å²) < 4.78 is 2.11. The SMILES string of the molecule is Cc1ccc(/C=C/C2=CCN(c3cn(C)c4ncccc34)CC2)cc1. The minimum atomic E-state index is 0.946. The van der Waals surface area contributed by atoms with Crippen LogP contribution >= 0.6 is 0 Å². The minimum absolute atomic E-state index is 0.946. The molecule has 0 saturated carbocycles. The topological polar surface area (TPSA) is 21.1 Å². The minimum Gasteiger partial charge on any atom is -0.366 e. The third kappa shape index (κ3) is 3.22. The van der Waals surface area contributed by atoms with E-state index in [9.17, 15) is 0 Å². The van der Waals surface area contributed by atoms with Crippen molar-refractivity contribution in [3.05, 3.63) is 77.6 Å². The van der Waals surface area contributed by atoms with Gasteiger partial charge in [-0.25, -0.2) is 4.98 Å². The van der Waals surface area contributed by atoms with E-state index >= 15 is 0 Å². The number of benzene rings is 1. The van der Waals surface area contributed by atoms with Crippen LogP contribution in [0.3, 0.4) is 0 Å². The lowest BCUT2D eigenvalue weighted by molar-refractivity contribution is 0.800. The largest absolute Gasteiger partial charge is 0.366 e. The summed E-state index contributed by atoms with van der Waals surface area (Å²) in [6.07, 6.45) is 11.9. The molecule has 0 unspecified atom stereocenters. The summed E-state index contributed by atoms with van der Waals surface area (Å²) in [5, 5.41) is 1.23. The number of pyridine rings is 1. The first-order valence-electron chi connectivity index (χ1n) is 8.79. The number of hydrogen-bond donors (Lipinski definition) is 0. The molecule has 3 heterocycles. The van der Waals surface area contributed by atoms with Gasteiger partial charge in [0, 0.05) is 37.9 Å². The monoisotopic (exact) mass is 329 g/mol. The fourth-order valence-electron chi connectivity index (χ4n) is 3.38. The highest BCUT2D eigenvalue weighted by atomic mass is 15.2. The second-order valence-electron chi connectivity index (χ2n) is 6.72. The van der Waals surface area contributed by atoms with Gasteiger partial charge >= 0.3 is 0 Å². The summed E-state index contributed by atoms with van der Waals surface area (Å²) in [5.74, 6) is 0. The van der Waals surface area contributed by atoms with Crippen LogP contribution in [0, 0.1) is 6.92 Å². The molecule has 25 heavy (non-hydrogen) atoms. The third-order valence-electron chi connectivity index (χ3n) is 4.86. The maximum Gasteiger partial charge on any atom is 0.141 e. The molecule has 0 aliphatic carbocycles. The number of hydrogen-bond acceptors (Lipinski definition) is 2. The van der Waals surface area contributed by atoms with Crippen molar-refractivity contribution < 1.29 is 0 Å². The average Bonchev–Trinajstić information content (AvgIpc) is 2.99. The first-order valence-corrected chi connectivity index (χ1v) is 8.79.